The van der Waals surface area contributed by atoms with Gasteiger partial charge >= 0.3 is 5.97 Å². The lowest BCUT2D eigenvalue weighted by Crippen LogP contribution is -2.16. The number of carbonyl (C=O) groups is 1. The molecule has 0 saturated carbocycles. The molecular formula is C14H21NO3. The van der Waals surface area contributed by atoms with E-state index in [2.05, 4.69) is 5.32 Å². The van der Waals surface area contributed by atoms with Crippen LogP contribution in [0.4, 0.5) is 0 Å². The predicted octanol–water partition coefficient (Wildman–Crippen LogP) is 1.88. The largest absolute Gasteiger partial charge is 0.478 e. The third-order valence-corrected chi connectivity index (χ3v) is 2.87. The van der Waals surface area contributed by atoms with E-state index in [1.54, 1.807) is 18.2 Å². The predicted molar refractivity (Wildman–Crippen MR) is 70.6 cm³/mol. The number of aliphatic hydroxyl groups excluding tert-OH is 1. The number of hydrogen-bond donors (Lipinski definition) is 3. The molecule has 100 valence electrons. The number of aliphatic hydroxyl groups is 1. The minimum absolute atomic E-state index is 0.237. The van der Waals surface area contributed by atoms with Crippen LogP contribution in [-0.4, -0.2) is 29.3 Å². The van der Waals surface area contributed by atoms with Crippen molar-refractivity contribution in [1.29, 1.82) is 0 Å². The van der Waals surface area contributed by atoms with Gasteiger partial charge < -0.3 is 15.5 Å². The van der Waals surface area contributed by atoms with Gasteiger partial charge in [-0.15, -0.1) is 0 Å². The summed E-state index contributed by atoms with van der Waals surface area (Å²) in [6.45, 7) is 3.81. The zero-order valence-corrected chi connectivity index (χ0v) is 10.7. The quantitative estimate of drug-likeness (QED) is 0.617. The molecule has 3 N–H and O–H groups in total. The molecule has 0 aliphatic heterocycles. The Kier molecular flexibility index (Phi) is 6.39. The Labute approximate surface area is 108 Å². The Morgan fingerprint density at radius 2 is 2.22 bits per heavy atom. The van der Waals surface area contributed by atoms with Gasteiger partial charge in [-0.2, -0.15) is 0 Å². The van der Waals surface area contributed by atoms with Gasteiger partial charge in [-0.3, -0.25) is 0 Å². The summed E-state index contributed by atoms with van der Waals surface area (Å²) in [5.41, 5.74) is 1.30. The molecular weight excluding hydrogens is 230 g/mol. The molecule has 0 aliphatic carbocycles. The zero-order valence-electron chi connectivity index (χ0n) is 10.7. The number of rotatable bonds is 8. The average molecular weight is 251 g/mol. The minimum Gasteiger partial charge on any atom is -0.478 e. The fourth-order valence-electron chi connectivity index (χ4n) is 1.71. The Morgan fingerprint density at radius 3 is 2.89 bits per heavy atom. The molecule has 0 fully saturated rings. The second-order valence-electron chi connectivity index (χ2n) is 4.61. The number of nitrogens with one attached hydrogen (secondary N) is 1. The van der Waals surface area contributed by atoms with Crippen LogP contribution in [0.2, 0.25) is 0 Å². The normalized spacial score (nSPS) is 12.3. The van der Waals surface area contributed by atoms with Gasteiger partial charge in [0.2, 0.25) is 0 Å². The summed E-state index contributed by atoms with van der Waals surface area (Å²) >= 11 is 0. The molecule has 18 heavy (non-hydrogen) atoms. The van der Waals surface area contributed by atoms with Crippen molar-refractivity contribution in [2.24, 2.45) is 5.92 Å². The zero-order chi connectivity index (χ0) is 13.4. The van der Waals surface area contributed by atoms with Crippen LogP contribution >= 0.6 is 0 Å². The summed E-state index contributed by atoms with van der Waals surface area (Å²) in [5, 5.41) is 21.0. The highest BCUT2D eigenvalue weighted by Crippen LogP contribution is 2.06. The van der Waals surface area contributed by atoms with Crippen LogP contribution in [0.25, 0.3) is 0 Å². The molecule has 0 aromatic heterocycles. The lowest BCUT2D eigenvalue weighted by Gasteiger charge is -2.08. The second kappa shape index (κ2) is 7.84. The lowest BCUT2D eigenvalue weighted by molar-refractivity contribution is 0.0696. The topological polar surface area (TPSA) is 69.6 Å². The Morgan fingerprint density at radius 1 is 1.44 bits per heavy atom. The third-order valence-electron chi connectivity index (χ3n) is 2.87. The Hall–Kier alpha value is -1.39. The van der Waals surface area contributed by atoms with E-state index in [-0.39, 0.29) is 6.61 Å². The molecule has 0 heterocycles. The Balaban J connectivity index is 2.27. The van der Waals surface area contributed by atoms with Crippen LogP contribution in [0.5, 0.6) is 0 Å². The fourth-order valence-corrected chi connectivity index (χ4v) is 1.71. The van der Waals surface area contributed by atoms with Gasteiger partial charge in [0.1, 0.15) is 0 Å². The molecule has 0 saturated heterocycles. The monoisotopic (exact) mass is 251 g/mol. The van der Waals surface area contributed by atoms with Crippen LogP contribution < -0.4 is 5.32 Å². The van der Waals surface area contributed by atoms with E-state index in [1.807, 2.05) is 13.0 Å². The standard InChI is InChI=1S/C14H21NO3/c1-11(10-16)4-3-7-15-9-12-5-2-6-13(8-12)14(17)18/h2,5-6,8,11,15-16H,3-4,7,9-10H2,1H3,(H,17,18). The van der Waals surface area contributed by atoms with E-state index in [0.717, 1.165) is 24.9 Å². The molecule has 1 rings (SSSR count). The molecule has 0 spiro atoms. The molecule has 0 amide bonds. The van der Waals surface area contributed by atoms with Gasteiger partial charge in [0.25, 0.3) is 0 Å². The van der Waals surface area contributed by atoms with Gasteiger partial charge in [0.15, 0.2) is 0 Å². The van der Waals surface area contributed by atoms with Gasteiger partial charge in [0.05, 0.1) is 5.56 Å². The van der Waals surface area contributed by atoms with Crippen LogP contribution in [0.15, 0.2) is 24.3 Å². The van der Waals surface area contributed by atoms with Gasteiger partial charge in [-0.05, 0) is 43.0 Å². The molecule has 0 aliphatic rings. The first-order chi connectivity index (χ1) is 8.63. The van der Waals surface area contributed by atoms with E-state index in [9.17, 15) is 4.79 Å². The minimum atomic E-state index is -0.895. The van der Waals surface area contributed by atoms with Crippen molar-refractivity contribution in [2.45, 2.75) is 26.3 Å². The van der Waals surface area contributed by atoms with E-state index in [1.165, 1.54) is 0 Å². The highest BCUT2D eigenvalue weighted by atomic mass is 16.4. The van der Waals surface area contributed by atoms with Crippen LogP contribution in [0.1, 0.15) is 35.7 Å². The van der Waals surface area contributed by atoms with Crippen molar-refractivity contribution in [2.75, 3.05) is 13.2 Å². The van der Waals surface area contributed by atoms with Crippen molar-refractivity contribution in [3.63, 3.8) is 0 Å². The molecule has 0 bridgehead atoms. The van der Waals surface area contributed by atoms with Gasteiger partial charge in [-0.25, -0.2) is 4.79 Å². The van der Waals surface area contributed by atoms with Crippen molar-refractivity contribution >= 4 is 5.97 Å². The number of aromatic carboxylic acids is 1. The highest BCUT2D eigenvalue weighted by Gasteiger charge is 2.03. The SMILES string of the molecule is CC(CO)CCCNCc1cccc(C(=O)O)c1. The third kappa shape index (κ3) is 5.29. The van der Waals surface area contributed by atoms with Crippen LogP contribution in [-0.2, 0) is 6.54 Å². The fraction of sp³-hybridized carbons (Fsp3) is 0.500. The Bertz CT molecular complexity index is 379. The maximum atomic E-state index is 10.8. The van der Waals surface area contributed by atoms with Crippen molar-refractivity contribution in [1.82, 2.24) is 5.32 Å². The summed E-state index contributed by atoms with van der Waals surface area (Å²) in [4.78, 5) is 10.8. The summed E-state index contributed by atoms with van der Waals surface area (Å²) in [5.74, 6) is -0.546. The first-order valence-electron chi connectivity index (χ1n) is 6.27. The molecule has 1 aromatic rings. The van der Waals surface area contributed by atoms with E-state index in [4.69, 9.17) is 10.2 Å². The average Bonchev–Trinajstić information content (AvgIpc) is 2.38. The highest BCUT2D eigenvalue weighted by molar-refractivity contribution is 5.87. The molecule has 1 atom stereocenters. The summed E-state index contributed by atoms with van der Waals surface area (Å²) in [6, 6.07) is 6.95. The van der Waals surface area contributed by atoms with E-state index < -0.39 is 5.97 Å². The second-order valence-corrected chi connectivity index (χ2v) is 4.61. The van der Waals surface area contributed by atoms with E-state index in [0.29, 0.717) is 18.0 Å². The summed E-state index contributed by atoms with van der Waals surface area (Å²) < 4.78 is 0. The van der Waals surface area contributed by atoms with Crippen LogP contribution in [0, 0.1) is 5.92 Å². The first kappa shape index (κ1) is 14.7. The van der Waals surface area contributed by atoms with Crippen molar-refractivity contribution in [3.8, 4) is 0 Å². The van der Waals surface area contributed by atoms with E-state index >= 15 is 0 Å². The van der Waals surface area contributed by atoms with Crippen LogP contribution in [0.3, 0.4) is 0 Å². The smallest absolute Gasteiger partial charge is 0.335 e. The number of carboxylic acids is 1. The molecule has 1 unspecified atom stereocenters. The summed E-state index contributed by atoms with van der Waals surface area (Å²) in [6.07, 6.45) is 2.01. The van der Waals surface area contributed by atoms with Gasteiger partial charge in [0, 0.05) is 13.2 Å². The molecule has 4 nitrogen and oxygen atoms in total. The lowest BCUT2D eigenvalue weighted by atomic mass is 10.1. The summed E-state index contributed by atoms with van der Waals surface area (Å²) in [7, 11) is 0. The molecule has 4 heteroatoms. The number of hydrogen-bond acceptors (Lipinski definition) is 3. The number of benzene rings is 1. The first-order valence-corrected chi connectivity index (χ1v) is 6.27. The number of carboxylic acid groups (broad SMARTS) is 1. The molecule has 1 aromatic carbocycles. The van der Waals surface area contributed by atoms with Gasteiger partial charge in [-0.1, -0.05) is 19.1 Å². The molecule has 0 radical (unpaired) electrons. The van der Waals surface area contributed by atoms with Crippen molar-refractivity contribution in [3.05, 3.63) is 35.4 Å². The maximum Gasteiger partial charge on any atom is 0.335 e. The maximum absolute atomic E-state index is 10.8. The van der Waals surface area contributed by atoms with Crippen molar-refractivity contribution < 1.29 is 15.0 Å².